The molecule has 0 atom stereocenters. The molecule has 0 aliphatic rings. The van der Waals surface area contributed by atoms with Crippen LogP contribution in [0.25, 0.3) is 0 Å². The van der Waals surface area contributed by atoms with Crippen molar-refractivity contribution in [3.63, 3.8) is 0 Å². The molecule has 0 aliphatic carbocycles. The van der Waals surface area contributed by atoms with Crippen LogP contribution < -0.4 is 11.1 Å². The quantitative estimate of drug-likeness (QED) is 0.384. The van der Waals surface area contributed by atoms with Crippen LogP contribution in [-0.4, -0.2) is 23.6 Å². The van der Waals surface area contributed by atoms with Crippen LogP contribution in [-0.2, 0) is 0 Å². The van der Waals surface area contributed by atoms with Crippen LogP contribution in [0.4, 0.5) is 28.9 Å². The molecule has 10 heteroatoms. The molecule has 1 aromatic rings. The van der Waals surface area contributed by atoms with Gasteiger partial charge >= 0.3 is 6.18 Å². The van der Waals surface area contributed by atoms with E-state index in [1.54, 1.807) is 0 Å². The Bertz CT molecular complexity index is 545. The van der Waals surface area contributed by atoms with Gasteiger partial charge in [-0.2, -0.15) is 13.2 Å². The normalized spacial score (nSPS) is 11.2. The Balaban J connectivity index is 2.92. The van der Waals surface area contributed by atoms with Gasteiger partial charge in [0.25, 0.3) is 11.6 Å². The molecule has 0 saturated carbocycles. The highest BCUT2D eigenvalue weighted by Crippen LogP contribution is 2.24. The monoisotopic (exact) mass is 295 g/mol. The van der Waals surface area contributed by atoms with Crippen LogP contribution in [0, 0.1) is 15.9 Å². The molecule has 6 nitrogen and oxygen atoms in total. The maximum absolute atomic E-state index is 13.1. The Morgan fingerprint density at radius 3 is 2.50 bits per heavy atom. The topological polar surface area (TPSA) is 98.3 Å². The Morgan fingerprint density at radius 2 is 2.00 bits per heavy atom. The number of nitrogens with zero attached hydrogens (tertiary/aromatic N) is 1. The Kier molecular flexibility index (Phi) is 4.48. The number of amides is 1. The molecule has 1 aromatic carbocycles. The zero-order chi connectivity index (χ0) is 15.5. The van der Waals surface area contributed by atoms with Crippen molar-refractivity contribution in [3.05, 3.63) is 33.6 Å². The first-order valence-corrected chi connectivity index (χ1v) is 5.20. The van der Waals surface area contributed by atoms with Gasteiger partial charge in [0.1, 0.15) is 5.56 Å². The number of nitro groups is 1. The molecular weight excluding hydrogens is 286 g/mol. The number of alkyl halides is 3. The van der Waals surface area contributed by atoms with Crippen molar-refractivity contribution < 1.29 is 27.3 Å². The van der Waals surface area contributed by atoms with Crippen molar-refractivity contribution in [1.82, 2.24) is 5.32 Å². The summed E-state index contributed by atoms with van der Waals surface area (Å²) in [6.07, 6.45) is -5.76. The number of carbonyl (C=O) groups is 1. The highest BCUT2D eigenvalue weighted by molar-refractivity contribution is 5.99. The van der Waals surface area contributed by atoms with E-state index in [-0.39, 0.29) is 0 Å². The number of rotatable bonds is 4. The summed E-state index contributed by atoms with van der Waals surface area (Å²) in [6.45, 7) is -0.753. The van der Waals surface area contributed by atoms with E-state index in [2.05, 4.69) is 0 Å². The van der Waals surface area contributed by atoms with Crippen LogP contribution in [0.1, 0.15) is 16.8 Å². The Labute approximate surface area is 109 Å². The fourth-order valence-corrected chi connectivity index (χ4v) is 1.33. The molecule has 1 rings (SSSR count). The van der Waals surface area contributed by atoms with Gasteiger partial charge in [0, 0.05) is 6.54 Å². The summed E-state index contributed by atoms with van der Waals surface area (Å²) in [7, 11) is 0. The molecule has 3 N–H and O–H groups in total. The van der Waals surface area contributed by atoms with Gasteiger partial charge in [-0.05, 0) is 6.07 Å². The van der Waals surface area contributed by atoms with Crippen LogP contribution in [0.5, 0.6) is 0 Å². The molecule has 0 aromatic heterocycles. The standard InChI is InChI=1S/C10H9F4N3O3/c11-6-4-8(17(19)20)5(3-7(6)15)9(18)16-2-1-10(12,13)14/h3-4H,1-2,15H2,(H,16,18). The maximum Gasteiger partial charge on any atom is 0.390 e. The van der Waals surface area contributed by atoms with E-state index in [9.17, 15) is 32.5 Å². The molecule has 0 bridgehead atoms. The Hall–Kier alpha value is -2.39. The third-order valence-electron chi connectivity index (χ3n) is 2.25. The summed E-state index contributed by atoms with van der Waals surface area (Å²) < 4.78 is 48.8. The van der Waals surface area contributed by atoms with Gasteiger partial charge in [-0.25, -0.2) is 4.39 Å². The van der Waals surface area contributed by atoms with Crippen molar-refractivity contribution in [3.8, 4) is 0 Å². The second-order valence-electron chi connectivity index (χ2n) is 3.77. The predicted octanol–water partition coefficient (Wildman–Crippen LogP) is 2.00. The van der Waals surface area contributed by atoms with E-state index >= 15 is 0 Å². The number of nitrogen functional groups attached to an aromatic ring is 1. The number of nitrogens with two attached hydrogens (primary N) is 1. The van der Waals surface area contributed by atoms with Gasteiger partial charge in [0.05, 0.1) is 23.1 Å². The zero-order valence-electron chi connectivity index (χ0n) is 9.83. The molecular formula is C10H9F4N3O3. The number of anilines is 1. The van der Waals surface area contributed by atoms with Crippen molar-refractivity contribution in [1.29, 1.82) is 0 Å². The lowest BCUT2D eigenvalue weighted by atomic mass is 10.1. The van der Waals surface area contributed by atoms with Crippen LogP contribution >= 0.6 is 0 Å². The summed E-state index contributed by atoms with van der Waals surface area (Å²) in [6, 6.07) is 1.14. The zero-order valence-corrected chi connectivity index (χ0v) is 9.83. The first-order chi connectivity index (χ1) is 9.11. The van der Waals surface area contributed by atoms with E-state index in [0.29, 0.717) is 12.1 Å². The SMILES string of the molecule is Nc1cc(C(=O)NCCC(F)(F)F)c([N+](=O)[O-])cc1F. The molecule has 0 spiro atoms. The third-order valence-corrected chi connectivity index (χ3v) is 2.25. The lowest BCUT2D eigenvalue weighted by molar-refractivity contribution is -0.385. The average molecular weight is 295 g/mol. The summed E-state index contributed by atoms with van der Waals surface area (Å²) in [5.74, 6) is -2.23. The molecule has 20 heavy (non-hydrogen) atoms. The number of hydrogen-bond donors (Lipinski definition) is 2. The number of carbonyl (C=O) groups excluding carboxylic acids is 1. The second-order valence-corrected chi connectivity index (χ2v) is 3.77. The van der Waals surface area contributed by atoms with Crippen LogP contribution in [0.3, 0.4) is 0 Å². The first-order valence-electron chi connectivity index (χ1n) is 5.20. The molecule has 0 unspecified atom stereocenters. The van der Waals surface area contributed by atoms with E-state index < -0.39 is 52.7 Å². The second kappa shape index (κ2) is 5.72. The number of halogens is 4. The fourth-order valence-electron chi connectivity index (χ4n) is 1.33. The number of hydrogen-bond acceptors (Lipinski definition) is 4. The number of nitro benzene ring substituents is 1. The molecule has 0 fully saturated rings. The van der Waals surface area contributed by atoms with Gasteiger partial charge in [-0.15, -0.1) is 0 Å². The molecule has 0 aliphatic heterocycles. The van der Waals surface area contributed by atoms with Gasteiger partial charge in [-0.3, -0.25) is 14.9 Å². The molecule has 0 radical (unpaired) electrons. The van der Waals surface area contributed by atoms with Gasteiger partial charge in [-0.1, -0.05) is 0 Å². The first kappa shape index (κ1) is 15.7. The maximum atomic E-state index is 13.1. The van der Waals surface area contributed by atoms with Gasteiger partial charge in [0.2, 0.25) is 0 Å². The van der Waals surface area contributed by atoms with E-state index in [0.717, 1.165) is 0 Å². The van der Waals surface area contributed by atoms with Crippen molar-refractivity contribution >= 4 is 17.3 Å². The summed E-state index contributed by atoms with van der Waals surface area (Å²) in [4.78, 5) is 21.2. The van der Waals surface area contributed by atoms with Gasteiger partial charge in [0.15, 0.2) is 5.82 Å². The molecule has 110 valence electrons. The minimum absolute atomic E-state index is 0.438. The van der Waals surface area contributed by atoms with Crippen molar-refractivity contribution in [2.75, 3.05) is 12.3 Å². The smallest absolute Gasteiger partial charge is 0.390 e. The third kappa shape index (κ3) is 4.07. The van der Waals surface area contributed by atoms with E-state index in [4.69, 9.17) is 5.73 Å². The average Bonchev–Trinajstić information content (AvgIpc) is 2.29. The lowest BCUT2D eigenvalue weighted by Gasteiger charge is -2.09. The number of benzene rings is 1. The van der Waals surface area contributed by atoms with Crippen molar-refractivity contribution in [2.24, 2.45) is 0 Å². The largest absolute Gasteiger partial charge is 0.396 e. The number of nitrogens with one attached hydrogen (secondary N) is 1. The summed E-state index contributed by atoms with van der Waals surface area (Å²) >= 11 is 0. The minimum atomic E-state index is -4.47. The Morgan fingerprint density at radius 1 is 1.40 bits per heavy atom. The van der Waals surface area contributed by atoms with Crippen LogP contribution in [0.2, 0.25) is 0 Å². The van der Waals surface area contributed by atoms with Crippen molar-refractivity contribution in [2.45, 2.75) is 12.6 Å². The molecule has 1 amide bonds. The summed E-state index contributed by atoms with van der Waals surface area (Å²) in [5.41, 5.74) is 3.18. The summed E-state index contributed by atoms with van der Waals surface area (Å²) in [5, 5.41) is 12.5. The highest BCUT2D eigenvalue weighted by atomic mass is 19.4. The molecule has 0 heterocycles. The minimum Gasteiger partial charge on any atom is -0.396 e. The lowest BCUT2D eigenvalue weighted by Crippen LogP contribution is -2.28. The van der Waals surface area contributed by atoms with E-state index in [1.165, 1.54) is 0 Å². The fraction of sp³-hybridized carbons (Fsp3) is 0.300. The highest BCUT2D eigenvalue weighted by Gasteiger charge is 2.28. The van der Waals surface area contributed by atoms with E-state index in [1.807, 2.05) is 5.32 Å². The molecule has 0 saturated heterocycles. The van der Waals surface area contributed by atoms with Crippen LogP contribution in [0.15, 0.2) is 12.1 Å². The predicted molar refractivity (Wildman–Crippen MR) is 60.5 cm³/mol. The van der Waals surface area contributed by atoms with Gasteiger partial charge < -0.3 is 11.1 Å².